The van der Waals surface area contributed by atoms with Gasteiger partial charge in [0.2, 0.25) is 11.8 Å². The minimum Gasteiger partial charge on any atom is -0.481 e. The van der Waals surface area contributed by atoms with Gasteiger partial charge < -0.3 is 15.2 Å². The lowest BCUT2D eigenvalue weighted by Crippen LogP contribution is -2.31. The molecular formula is C13H19N3O3. The van der Waals surface area contributed by atoms with E-state index < -0.39 is 5.97 Å². The minimum absolute atomic E-state index is 0.112. The van der Waals surface area contributed by atoms with Gasteiger partial charge in [-0.2, -0.15) is 4.98 Å². The van der Waals surface area contributed by atoms with E-state index in [2.05, 4.69) is 15.3 Å². The molecule has 6 heteroatoms. The Bertz CT molecular complexity index is 464. The second-order valence-electron chi connectivity index (χ2n) is 4.92. The van der Waals surface area contributed by atoms with E-state index >= 15 is 0 Å². The highest BCUT2D eigenvalue weighted by Crippen LogP contribution is 2.26. The highest BCUT2D eigenvalue weighted by atomic mass is 16.5. The third kappa shape index (κ3) is 3.56. The summed E-state index contributed by atoms with van der Waals surface area (Å²) in [6.07, 6.45) is 3.24. The van der Waals surface area contributed by atoms with Crippen molar-refractivity contribution in [3.05, 3.63) is 11.8 Å². The maximum atomic E-state index is 11.0. The van der Waals surface area contributed by atoms with Gasteiger partial charge in [0, 0.05) is 17.8 Å². The van der Waals surface area contributed by atoms with Crippen molar-refractivity contribution in [2.75, 3.05) is 12.4 Å². The van der Waals surface area contributed by atoms with E-state index in [4.69, 9.17) is 9.84 Å². The number of methoxy groups -OCH3 is 1. The van der Waals surface area contributed by atoms with E-state index in [9.17, 15) is 4.79 Å². The number of aromatic nitrogens is 2. The van der Waals surface area contributed by atoms with Crippen LogP contribution < -0.4 is 10.1 Å². The molecule has 0 aliphatic heterocycles. The number of aliphatic carboxylic acids is 1. The summed E-state index contributed by atoms with van der Waals surface area (Å²) in [4.78, 5) is 19.5. The van der Waals surface area contributed by atoms with Crippen molar-refractivity contribution >= 4 is 11.9 Å². The summed E-state index contributed by atoms with van der Waals surface area (Å²) in [5.74, 6) is 0.0423. The third-order valence-corrected chi connectivity index (χ3v) is 3.40. The molecule has 2 atom stereocenters. The molecule has 6 nitrogen and oxygen atoms in total. The molecule has 0 saturated heterocycles. The molecule has 0 radical (unpaired) electrons. The lowest BCUT2D eigenvalue weighted by atomic mass is 9.86. The number of ether oxygens (including phenoxy) is 1. The van der Waals surface area contributed by atoms with Gasteiger partial charge in [0.1, 0.15) is 0 Å². The third-order valence-electron chi connectivity index (χ3n) is 3.40. The van der Waals surface area contributed by atoms with Crippen molar-refractivity contribution in [2.45, 2.75) is 38.6 Å². The Hall–Kier alpha value is -1.85. The average Bonchev–Trinajstić information content (AvgIpc) is 2.38. The fourth-order valence-electron chi connectivity index (χ4n) is 2.44. The Morgan fingerprint density at radius 2 is 2.26 bits per heavy atom. The first-order chi connectivity index (χ1) is 9.08. The van der Waals surface area contributed by atoms with E-state index in [-0.39, 0.29) is 12.0 Å². The van der Waals surface area contributed by atoms with Gasteiger partial charge in [0.05, 0.1) is 13.0 Å². The number of carboxylic acids is 1. The van der Waals surface area contributed by atoms with Crippen molar-refractivity contribution in [3.63, 3.8) is 0 Å². The van der Waals surface area contributed by atoms with Crippen molar-refractivity contribution < 1.29 is 14.6 Å². The van der Waals surface area contributed by atoms with Gasteiger partial charge >= 0.3 is 5.97 Å². The van der Waals surface area contributed by atoms with Crippen LogP contribution in [-0.2, 0) is 4.79 Å². The number of hydrogen-bond acceptors (Lipinski definition) is 5. The number of carboxylic acid groups (broad SMARTS) is 1. The molecule has 2 rings (SSSR count). The summed E-state index contributed by atoms with van der Waals surface area (Å²) in [5, 5.41) is 12.3. The molecule has 1 aromatic heterocycles. The zero-order valence-corrected chi connectivity index (χ0v) is 11.2. The first-order valence-electron chi connectivity index (χ1n) is 6.47. The van der Waals surface area contributed by atoms with E-state index in [0.717, 1.165) is 25.0 Å². The predicted molar refractivity (Wildman–Crippen MR) is 70.3 cm³/mol. The van der Waals surface area contributed by atoms with Gasteiger partial charge in [0.15, 0.2) is 0 Å². The summed E-state index contributed by atoms with van der Waals surface area (Å²) >= 11 is 0. The molecule has 1 aliphatic carbocycles. The Labute approximate surface area is 112 Å². The fourth-order valence-corrected chi connectivity index (χ4v) is 2.44. The Morgan fingerprint density at radius 3 is 2.95 bits per heavy atom. The quantitative estimate of drug-likeness (QED) is 0.864. The molecule has 0 amide bonds. The molecule has 0 aromatic carbocycles. The average molecular weight is 265 g/mol. The zero-order valence-electron chi connectivity index (χ0n) is 11.2. The van der Waals surface area contributed by atoms with Crippen molar-refractivity contribution in [3.8, 4) is 5.88 Å². The lowest BCUT2D eigenvalue weighted by molar-refractivity contribution is -0.142. The molecule has 2 N–H and O–H groups in total. The van der Waals surface area contributed by atoms with Crippen LogP contribution in [0.4, 0.5) is 5.95 Å². The number of nitrogens with one attached hydrogen (secondary N) is 1. The first kappa shape index (κ1) is 13.6. The van der Waals surface area contributed by atoms with E-state index in [1.54, 1.807) is 13.2 Å². The number of carbonyl (C=O) groups is 1. The number of nitrogens with zero attached hydrogens (tertiary/aromatic N) is 2. The molecule has 1 fully saturated rings. The van der Waals surface area contributed by atoms with E-state index in [0.29, 0.717) is 18.2 Å². The van der Waals surface area contributed by atoms with Crippen LogP contribution in [0, 0.1) is 12.8 Å². The second-order valence-corrected chi connectivity index (χ2v) is 4.92. The summed E-state index contributed by atoms with van der Waals surface area (Å²) in [6, 6.07) is 1.87. The molecule has 0 spiro atoms. The van der Waals surface area contributed by atoms with E-state index in [1.165, 1.54) is 0 Å². The summed E-state index contributed by atoms with van der Waals surface area (Å²) in [7, 11) is 1.56. The molecule has 1 saturated carbocycles. The van der Waals surface area contributed by atoms with Crippen LogP contribution >= 0.6 is 0 Å². The van der Waals surface area contributed by atoms with Gasteiger partial charge in [-0.3, -0.25) is 4.79 Å². The summed E-state index contributed by atoms with van der Waals surface area (Å²) in [5.41, 5.74) is 0.819. The van der Waals surface area contributed by atoms with Crippen LogP contribution in [0.1, 0.15) is 31.4 Å². The van der Waals surface area contributed by atoms with Gasteiger partial charge in [-0.05, 0) is 26.2 Å². The van der Waals surface area contributed by atoms with Crippen molar-refractivity contribution in [1.82, 2.24) is 9.97 Å². The maximum absolute atomic E-state index is 11.0. The normalized spacial score (nSPS) is 22.8. The Morgan fingerprint density at radius 1 is 1.47 bits per heavy atom. The smallest absolute Gasteiger partial charge is 0.306 e. The maximum Gasteiger partial charge on any atom is 0.306 e. The van der Waals surface area contributed by atoms with E-state index in [1.807, 2.05) is 6.92 Å². The van der Waals surface area contributed by atoms with Crippen LogP contribution in [0.5, 0.6) is 5.88 Å². The highest BCUT2D eigenvalue weighted by Gasteiger charge is 2.27. The largest absolute Gasteiger partial charge is 0.481 e. The fraction of sp³-hybridized carbons (Fsp3) is 0.615. The Kier molecular flexibility index (Phi) is 4.19. The Balaban J connectivity index is 2.04. The number of aryl methyl sites for hydroxylation is 1. The molecule has 1 aromatic rings. The topological polar surface area (TPSA) is 84.3 Å². The van der Waals surface area contributed by atoms with Crippen LogP contribution in [0.2, 0.25) is 0 Å². The number of hydrogen-bond donors (Lipinski definition) is 2. The molecule has 1 heterocycles. The molecular weight excluding hydrogens is 246 g/mol. The molecule has 1 aliphatic rings. The zero-order chi connectivity index (χ0) is 13.8. The van der Waals surface area contributed by atoms with Crippen LogP contribution in [0.3, 0.4) is 0 Å². The molecule has 0 bridgehead atoms. The molecule has 2 unspecified atom stereocenters. The van der Waals surface area contributed by atoms with Crippen LogP contribution in [0.15, 0.2) is 6.07 Å². The first-order valence-corrected chi connectivity index (χ1v) is 6.47. The summed E-state index contributed by atoms with van der Waals surface area (Å²) < 4.78 is 5.10. The van der Waals surface area contributed by atoms with Crippen LogP contribution in [-0.4, -0.2) is 34.2 Å². The van der Waals surface area contributed by atoms with Gasteiger partial charge in [-0.25, -0.2) is 4.98 Å². The molecule has 104 valence electrons. The number of rotatable bonds is 4. The standard InChI is InChI=1S/C13H19N3O3/c1-8-6-11(19-2)16-13(14-8)15-10-5-3-4-9(7-10)12(17)18/h6,9-10H,3-5,7H2,1-2H3,(H,17,18)(H,14,15,16). The monoisotopic (exact) mass is 265 g/mol. The highest BCUT2D eigenvalue weighted by molar-refractivity contribution is 5.70. The summed E-state index contributed by atoms with van der Waals surface area (Å²) in [6.45, 7) is 1.87. The van der Waals surface area contributed by atoms with Gasteiger partial charge in [0.25, 0.3) is 0 Å². The second kappa shape index (κ2) is 5.86. The number of anilines is 1. The minimum atomic E-state index is -0.714. The van der Waals surface area contributed by atoms with Gasteiger partial charge in [-0.15, -0.1) is 0 Å². The van der Waals surface area contributed by atoms with Crippen molar-refractivity contribution in [2.24, 2.45) is 5.92 Å². The van der Waals surface area contributed by atoms with Crippen LogP contribution in [0.25, 0.3) is 0 Å². The lowest BCUT2D eigenvalue weighted by Gasteiger charge is -2.27. The SMILES string of the molecule is COc1cc(C)nc(NC2CCCC(C(=O)O)C2)n1. The van der Waals surface area contributed by atoms with Gasteiger partial charge in [-0.1, -0.05) is 6.42 Å². The predicted octanol–water partition coefficient (Wildman–Crippen LogP) is 1.85. The molecule has 19 heavy (non-hydrogen) atoms. The van der Waals surface area contributed by atoms with Crippen molar-refractivity contribution in [1.29, 1.82) is 0 Å².